The second-order valence-electron chi connectivity index (χ2n) is 5.34. The molecule has 0 atom stereocenters. The van der Waals surface area contributed by atoms with Crippen LogP contribution in [-0.4, -0.2) is 23.9 Å². The zero-order chi connectivity index (χ0) is 14.3. The number of hydrogen-bond acceptors (Lipinski definition) is 1. The summed E-state index contributed by atoms with van der Waals surface area (Å²) in [4.78, 5) is 14.5. The topological polar surface area (TPSA) is 20.3 Å². The van der Waals surface area contributed by atoms with Gasteiger partial charge >= 0.3 is 0 Å². The molecule has 0 fully saturated rings. The van der Waals surface area contributed by atoms with E-state index in [1.165, 1.54) is 0 Å². The average molecular weight is 326 g/mol. The van der Waals surface area contributed by atoms with Crippen molar-refractivity contribution in [1.29, 1.82) is 0 Å². The van der Waals surface area contributed by atoms with Crippen molar-refractivity contribution in [2.45, 2.75) is 40.0 Å². The molecule has 0 saturated carbocycles. The molecule has 1 aromatic rings. The zero-order valence-corrected chi connectivity index (χ0v) is 13.7. The van der Waals surface area contributed by atoms with E-state index in [1.54, 1.807) is 0 Å². The van der Waals surface area contributed by atoms with Crippen LogP contribution in [0.2, 0.25) is 0 Å². The van der Waals surface area contributed by atoms with Crippen molar-refractivity contribution >= 4 is 21.8 Å². The number of hydrogen-bond donors (Lipinski definition) is 0. The molecular weight excluding hydrogens is 302 g/mol. The summed E-state index contributed by atoms with van der Waals surface area (Å²) in [6, 6.07) is 7.65. The van der Waals surface area contributed by atoms with Crippen LogP contribution >= 0.6 is 15.9 Å². The van der Waals surface area contributed by atoms with E-state index in [9.17, 15) is 4.79 Å². The van der Waals surface area contributed by atoms with Crippen molar-refractivity contribution < 1.29 is 4.79 Å². The molecule has 0 radical (unpaired) electrons. The van der Waals surface area contributed by atoms with Crippen LogP contribution in [0.25, 0.3) is 0 Å². The summed E-state index contributed by atoms with van der Waals surface area (Å²) in [6.45, 7) is 8.25. The Hall–Kier alpha value is -0.830. The van der Waals surface area contributed by atoms with Crippen LogP contribution in [0.3, 0.4) is 0 Å². The molecule has 2 nitrogen and oxygen atoms in total. The molecule has 1 amide bonds. The number of benzene rings is 1. The van der Waals surface area contributed by atoms with Crippen LogP contribution in [0.5, 0.6) is 0 Å². The van der Waals surface area contributed by atoms with Crippen molar-refractivity contribution in [3.05, 3.63) is 34.3 Å². The second-order valence-corrected chi connectivity index (χ2v) is 6.25. The van der Waals surface area contributed by atoms with Gasteiger partial charge in [-0.15, -0.1) is 0 Å². The third-order valence-electron chi connectivity index (χ3n) is 3.12. The van der Waals surface area contributed by atoms with Gasteiger partial charge in [-0.25, -0.2) is 0 Å². The SMILES string of the molecule is CCCCN(CCC(C)C)C(=O)c1cccc(Br)c1. The summed E-state index contributed by atoms with van der Waals surface area (Å²) in [6.07, 6.45) is 3.24. The minimum atomic E-state index is 0.149. The molecule has 19 heavy (non-hydrogen) atoms. The van der Waals surface area contributed by atoms with Gasteiger partial charge in [0.1, 0.15) is 0 Å². The van der Waals surface area contributed by atoms with Gasteiger partial charge in [0.05, 0.1) is 0 Å². The van der Waals surface area contributed by atoms with Gasteiger partial charge in [-0.1, -0.05) is 49.2 Å². The molecular formula is C16H24BrNO. The molecule has 0 heterocycles. The van der Waals surface area contributed by atoms with E-state index in [2.05, 4.69) is 36.7 Å². The van der Waals surface area contributed by atoms with Gasteiger partial charge in [0.2, 0.25) is 0 Å². The van der Waals surface area contributed by atoms with Crippen LogP contribution in [-0.2, 0) is 0 Å². The van der Waals surface area contributed by atoms with Crippen LogP contribution in [0.1, 0.15) is 50.4 Å². The van der Waals surface area contributed by atoms with Gasteiger partial charge in [0, 0.05) is 23.1 Å². The molecule has 3 heteroatoms. The van der Waals surface area contributed by atoms with Gasteiger partial charge in [0.25, 0.3) is 5.91 Å². The molecule has 0 N–H and O–H groups in total. The normalized spacial score (nSPS) is 10.8. The highest BCUT2D eigenvalue weighted by Gasteiger charge is 2.15. The Morgan fingerprint density at radius 2 is 2.05 bits per heavy atom. The summed E-state index contributed by atoms with van der Waals surface area (Å²) in [5.74, 6) is 0.773. The van der Waals surface area contributed by atoms with Crippen LogP contribution < -0.4 is 0 Å². The number of carbonyl (C=O) groups excluding carboxylic acids is 1. The number of amides is 1. The number of carbonyl (C=O) groups is 1. The van der Waals surface area contributed by atoms with E-state index in [-0.39, 0.29) is 5.91 Å². The highest BCUT2D eigenvalue weighted by Crippen LogP contribution is 2.15. The van der Waals surface area contributed by atoms with Crippen LogP contribution in [0.15, 0.2) is 28.7 Å². The molecule has 0 aliphatic heterocycles. The highest BCUT2D eigenvalue weighted by atomic mass is 79.9. The lowest BCUT2D eigenvalue weighted by Gasteiger charge is -2.23. The van der Waals surface area contributed by atoms with E-state index >= 15 is 0 Å². The molecule has 0 unspecified atom stereocenters. The number of halogens is 1. The van der Waals surface area contributed by atoms with Gasteiger partial charge in [-0.2, -0.15) is 0 Å². The molecule has 0 saturated heterocycles. The van der Waals surface area contributed by atoms with Gasteiger partial charge < -0.3 is 4.90 Å². The van der Waals surface area contributed by atoms with Crippen molar-refractivity contribution in [2.75, 3.05) is 13.1 Å². The Labute approximate surface area is 125 Å². The predicted molar refractivity (Wildman–Crippen MR) is 84.4 cm³/mol. The lowest BCUT2D eigenvalue weighted by Crippen LogP contribution is -2.33. The van der Waals surface area contributed by atoms with Crippen molar-refractivity contribution in [1.82, 2.24) is 4.90 Å². The highest BCUT2D eigenvalue weighted by molar-refractivity contribution is 9.10. The standard InChI is InChI=1S/C16H24BrNO/c1-4-5-10-18(11-9-13(2)3)16(19)14-7-6-8-15(17)12-14/h6-8,12-13H,4-5,9-11H2,1-3H3. The van der Waals surface area contributed by atoms with E-state index in [0.29, 0.717) is 5.92 Å². The second kappa shape index (κ2) is 8.36. The first-order valence-corrected chi connectivity index (χ1v) is 7.88. The summed E-state index contributed by atoms with van der Waals surface area (Å²) < 4.78 is 0.956. The molecule has 1 rings (SSSR count). The van der Waals surface area contributed by atoms with Gasteiger partial charge in [-0.05, 0) is 37.0 Å². The quantitative estimate of drug-likeness (QED) is 0.709. The first-order valence-electron chi connectivity index (χ1n) is 7.09. The van der Waals surface area contributed by atoms with E-state index in [1.807, 2.05) is 29.2 Å². The smallest absolute Gasteiger partial charge is 0.253 e. The zero-order valence-electron chi connectivity index (χ0n) is 12.2. The molecule has 0 spiro atoms. The predicted octanol–water partition coefficient (Wildman–Crippen LogP) is 4.74. The average Bonchev–Trinajstić information content (AvgIpc) is 2.38. The van der Waals surface area contributed by atoms with E-state index < -0.39 is 0 Å². The third-order valence-corrected chi connectivity index (χ3v) is 3.61. The minimum Gasteiger partial charge on any atom is -0.339 e. The Morgan fingerprint density at radius 3 is 2.63 bits per heavy atom. The van der Waals surface area contributed by atoms with Crippen molar-refractivity contribution in [3.63, 3.8) is 0 Å². The summed E-state index contributed by atoms with van der Waals surface area (Å²) in [5.41, 5.74) is 0.772. The van der Waals surface area contributed by atoms with Crippen molar-refractivity contribution in [3.8, 4) is 0 Å². The Balaban J connectivity index is 2.74. The first kappa shape index (κ1) is 16.2. The summed E-state index contributed by atoms with van der Waals surface area (Å²) in [5, 5.41) is 0. The monoisotopic (exact) mass is 325 g/mol. The molecule has 0 aliphatic carbocycles. The Morgan fingerprint density at radius 1 is 1.32 bits per heavy atom. The molecule has 0 bridgehead atoms. The fraction of sp³-hybridized carbons (Fsp3) is 0.562. The largest absolute Gasteiger partial charge is 0.339 e. The molecule has 0 aliphatic rings. The molecule has 0 aromatic heterocycles. The molecule has 1 aromatic carbocycles. The Bertz CT molecular complexity index is 403. The Kier molecular flexibility index (Phi) is 7.14. The van der Waals surface area contributed by atoms with Crippen molar-refractivity contribution in [2.24, 2.45) is 5.92 Å². The fourth-order valence-corrected chi connectivity index (χ4v) is 2.28. The first-order chi connectivity index (χ1) is 9.04. The third kappa shape index (κ3) is 5.77. The maximum Gasteiger partial charge on any atom is 0.253 e. The molecule has 106 valence electrons. The lowest BCUT2D eigenvalue weighted by atomic mass is 10.1. The van der Waals surface area contributed by atoms with Crippen LogP contribution in [0.4, 0.5) is 0 Å². The number of nitrogens with zero attached hydrogens (tertiary/aromatic N) is 1. The van der Waals surface area contributed by atoms with E-state index in [0.717, 1.165) is 42.4 Å². The summed E-state index contributed by atoms with van der Waals surface area (Å²) >= 11 is 3.42. The van der Waals surface area contributed by atoms with E-state index in [4.69, 9.17) is 0 Å². The fourth-order valence-electron chi connectivity index (χ4n) is 1.88. The van der Waals surface area contributed by atoms with Gasteiger partial charge in [0.15, 0.2) is 0 Å². The summed E-state index contributed by atoms with van der Waals surface area (Å²) in [7, 11) is 0. The van der Waals surface area contributed by atoms with Gasteiger partial charge in [-0.3, -0.25) is 4.79 Å². The maximum absolute atomic E-state index is 12.5. The van der Waals surface area contributed by atoms with Crippen LogP contribution in [0, 0.1) is 5.92 Å². The number of rotatable bonds is 7. The lowest BCUT2D eigenvalue weighted by molar-refractivity contribution is 0.0746. The number of unbranched alkanes of at least 4 members (excludes halogenated alkanes) is 1. The maximum atomic E-state index is 12.5. The minimum absolute atomic E-state index is 0.149.